The van der Waals surface area contributed by atoms with Crippen LogP contribution in [0, 0.1) is 0 Å². The summed E-state index contributed by atoms with van der Waals surface area (Å²) in [5, 5.41) is 3.55. The fourth-order valence-corrected chi connectivity index (χ4v) is 4.60. The zero-order valence-corrected chi connectivity index (χ0v) is 19.9. The molecule has 1 aliphatic heterocycles. The summed E-state index contributed by atoms with van der Waals surface area (Å²) in [4.78, 5) is 28.0. The van der Waals surface area contributed by atoms with Crippen LogP contribution in [0.4, 0.5) is 0 Å². The van der Waals surface area contributed by atoms with E-state index in [1.54, 1.807) is 6.07 Å². The van der Waals surface area contributed by atoms with E-state index in [1.165, 1.54) is 36.5 Å². The lowest BCUT2D eigenvalue weighted by Gasteiger charge is -2.35. The topological polar surface area (TPSA) is 62.6 Å². The van der Waals surface area contributed by atoms with Crippen LogP contribution in [0.3, 0.4) is 0 Å². The molecule has 0 saturated carbocycles. The van der Waals surface area contributed by atoms with Gasteiger partial charge in [0.25, 0.3) is 5.91 Å². The number of nitrogens with one attached hydrogen (secondary N) is 1. The van der Waals surface area contributed by atoms with Gasteiger partial charge >= 0.3 is 0 Å². The molecule has 2 heterocycles. The number of carbonyl (C=O) groups excluding carboxylic acids is 1. The van der Waals surface area contributed by atoms with Crippen molar-refractivity contribution in [1.29, 1.82) is 0 Å². The molecular formula is C28H34N2O3. The molecule has 1 aliphatic rings. The minimum absolute atomic E-state index is 0.0595. The van der Waals surface area contributed by atoms with Crippen molar-refractivity contribution in [2.24, 2.45) is 0 Å². The van der Waals surface area contributed by atoms with Gasteiger partial charge in [0.15, 0.2) is 11.2 Å². The summed E-state index contributed by atoms with van der Waals surface area (Å²) >= 11 is 0. The molecule has 2 aromatic carbocycles. The van der Waals surface area contributed by atoms with Crippen LogP contribution in [-0.2, 0) is 6.42 Å². The highest BCUT2D eigenvalue weighted by molar-refractivity contribution is 5.93. The zero-order chi connectivity index (χ0) is 23.4. The standard InChI is InChI=1S/C28H34N2O3/c1-4-20-8-13-26-23(16-20)25(31)17-27(33-26)28(32)29-18-24(30-14-6-5-7-15-30)22-11-9-21(10-12-22)19(2)3/h8-13,16-17,19,24H,4-7,14-15,18H2,1-3H3,(H,29,32)/t24-/m0/s1. The number of aryl methyl sites for hydroxylation is 1. The summed E-state index contributed by atoms with van der Waals surface area (Å²) in [5.74, 6) is 0.190. The smallest absolute Gasteiger partial charge is 0.287 e. The van der Waals surface area contributed by atoms with Gasteiger partial charge in [0, 0.05) is 12.6 Å². The van der Waals surface area contributed by atoms with Crippen LogP contribution in [0.2, 0.25) is 0 Å². The van der Waals surface area contributed by atoms with E-state index in [2.05, 4.69) is 48.3 Å². The molecule has 3 aromatic rings. The third-order valence-electron chi connectivity index (χ3n) is 6.70. The fraction of sp³-hybridized carbons (Fsp3) is 0.429. The lowest BCUT2D eigenvalue weighted by atomic mass is 9.97. The number of hydrogen-bond acceptors (Lipinski definition) is 4. The lowest BCUT2D eigenvalue weighted by Crippen LogP contribution is -2.40. The third-order valence-corrected chi connectivity index (χ3v) is 6.70. The molecule has 0 unspecified atom stereocenters. The predicted molar refractivity (Wildman–Crippen MR) is 133 cm³/mol. The van der Waals surface area contributed by atoms with Crippen LogP contribution in [0.25, 0.3) is 11.0 Å². The molecule has 33 heavy (non-hydrogen) atoms. The second kappa shape index (κ2) is 10.3. The number of piperidine rings is 1. The van der Waals surface area contributed by atoms with Gasteiger partial charge in [0.2, 0.25) is 0 Å². The van der Waals surface area contributed by atoms with Gasteiger partial charge in [-0.2, -0.15) is 0 Å². The Balaban J connectivity index is 1.54. The van der Waals surface area contributed by atoms with Gasteiger partial charge in [0.05, 0.1) is 11.4 Å². The molecule has 0 spiro atoms. The normalized spacial score (nSPS) is 15.6. The van der Waals surface area contributed by atoms with Crippen LogP contribution in [0.5, 0.6) is 0 Å². The highest BCUT2D eigenvalue weighted by atomic mass is 16.3. The number of nitrogens with zero attached hydrogens (tertiary/aromatic N) is 1. The SMILES string of the molecule is CCc1ccc2oc(C(=O)NC[C@@H](c3ccc(C(C)C)cc3)N3CCCCC3)cc(=O)c2c1. The molecule has 4 rings (SSSR count). The molecule has 1 atom stereocenters. The van der Waals surface area contributed by atoms with Gasteiger partial charge < -0.3 is 9.73 Å². The number of hydrogen-bond donors (Lipinski definition) is 1. The maximum Gasteiger partial charge on any atom is 0.287 e. The molecule has 0 bridgehead atoms. The predicted octanol–water partition coefficient (Wildman–Crippen LogP) is 5.44. The first-order chi connectivity index (χ1) is 16.0. The molecule has 174 valence electrons. The third kappa shape index (κ3) is 5.36. The van der Waals surface area contributed by atoms with E-state index >= 15 is 0 Å². The van der Waals surface area contributed by atoms with E-state index in [0.717, 1.165) is 25.1 Å². The molecular weight excluding hydrogens is 412 g/mol. The molecule has 1 fully saturated rings. The monoisotopic (exact) mass is 446 g/mol. The number of amides is 1. The Morgan fingerprint density at radius 3 is 2.36 bits per heavy atom. The van der Waals surface area contributed by atoms with E-state index in [0.29, 0.717) is 23.4 Å². The maximum absolute atomic E-state index is 13.0. The average molecular weight is 447 g/mol. The molecule has 0 aliphatic carbocycles. The first-order valence-corrected chi connectivity index (χ1v) is 12.1. The van der Waals surface area contributed by atoms with Crippen molar-refractivity contribution >= 4 is 16.9 Å². The highest BCUT2D eigenvalue weighted by Crippen LogP contribution is 2.26. The van der Waals surface area contributed by atoms with Crippen LogP contribution < -0.4 is 10.7 Å². The van der Waals surface area contributed by atoms with Crippen LogP contribution in [-0.4, -0.2) is 30.4 Å². The average Bonchev–Trinajstić information content (AvgIpc) is 2.84. The Morgan fingerprint density at radius 2 is 1.70 bits per heavy atom. The van der Waals surface area contributed by atoms with Crippen molar-refractivity contribution in [3.8, 4) is 0 Å². The van der Waals surface area contributed by atoms with Gasteiger partial charge in [-0.05, 0) is 67.1 Å². The van der Waals surface area contributed by atoms with Gasteiger partial charge in [-0.25, -0.2) is 0 Å². The summed E-state index contributed by atoms with van der Waals surface area (Å²) in [5.41, 5.74) is 3.84. The molecule has 1 N–H and O–H groups in total. The first kappa shape index (κ1) is 23.2. The molecule has 5 heteroatoms. The van der Waals surface area contributed by atoms with Crippen molar-refractivity contribution in [2.75, 3.05) is 19.6 Å². The van der Waals surface area contributed by atoms with Gasteiger partial charge in [0.1, 0.15) is 5.58 Å². The van der Waals surface area contributed by atoms with Crippen LogP contribution in [0.1, 0.15) is 79.2 Å². The van der Waals surface area contributed by atoms with Crippen molar-refractivity contribution in [3.63, 3.8) is 0 Å². The van der Waals surface area contributed by atoms with Crippen molar-refractivity contribution in [2.45, 2.75) is 58.4 Å². The Bertz CT molecular complexity index is 1160. The maximum atomic E-state index is 13.0. The first-order valence-electron chi connectivity index (χ1n) is 12.1. The lowest BCUT2D eigenvalue weighted by molar-refractivity contribution is 0.0897. The second-order valence-electron chi connectivity index (χ2n) is 9.30. The highest BCUT2D eigenvalue weighted by Gasteiger charge is 2.24. The Kier molecular flexibility index (Phi) is 7.29. The molecule has 1 aromatic heterocycles. The van der Waals surface area contributed by atoms with Gasteiger partial charge in [-0.3, -0.25) is 14.5 Å². The zero-order valence-electron chi connectivity index (χ0n) is 19.9. The Morgan fingerprint density at radius 1 is 1.00 bits per heavy atom. The second-order valence-corrected chi connectivity index (χ2v) is 9.30. The van der Waals surface area contributed by atoms with Gasteiger partial charge in [-0.1, -0.05) is 57.5 Å². The summed E-state index contributed by atoms with van der Waals surface area (Å²) in [6.07, 6.45) is 4.44. The number of carbonyl (C=O) groups is 1. The van der Waals surface area contributed by atoms with E-state index in [4.69, 9.17) is 4.42 Å². The van der Waals surface area contributed by atoms with E-state index < -0.39 is 0 Å². The van der Waals surface area contributed by atoms with Crippen LogP contribution in [0.15, 0.2) is 57.7 Å². The van der Waals surface area contributed by atoms with E-state index in [1.807, 2.05) is 19.1 Å². The minimum Gasteiger partial charge on any atom is -0.451 e. The summed E-state index contributed by atoms with van der Waals surface area (Å²) < 4.78 is 5.80. The quantitative estimate of drug-likeness (QED) is 0.525. The molecule has 5 nitrogen and oxygen atoms in total. The fourth-order valence-electron chi connectivity index (χ4n) is 4.60. The van der Waals surface area contributed by atoms with Crippen molar-refractivity contribution in [1.82, 2.24) is 10.2 Å². The van der Waals surface area contributed by atoms with E-state index in [-0.39, 0.29) is 23.1 Å². The number of rotatable bonds is 7. The number of likely N-dealkylation sites (tertiary alicyclic amines) is 1. The molecule has 1 amide bonds. The van der Waals surface area contributed by atoms with E-state index in [9.17, 15) is 9.59 Å². The molecule has 1 saturated heterocycles. The summed E-state index contributed by atoms with van der Waals surface area (Å²) in [6.45, 7) is 8.94. The Labute approximate surface area is 195 Å². The largest absolute Gasteiger partial charge is 0.451 e. The summed E-state index contributed by atoms with van der Waals surface area (Å²) in [7, 11) is 0. The van der Waals surface area contributed by atoms with Gasteiger partial charge in [-0.15, -0.1) is 0 Å². The number of benzene rings is 2. The van der Waals surface area contributed by atoms with Crippen molar-refractivity contribution < 1.29 is 9.21 Å². The molecule has 0 radical (unpaired) electrons. The summed E-state index contributed by atoms with van der Waals surface area (Å²) in [6, 6.07) is 15.7. The Hall–Kier alpha value is -2.92. The van der Waals surface area contributed by atoms with Crippen LogP contribution >= 0.6 is 0 Å². The number of fused-ring (bicyclic) bond motifs is 1. The minimum atomic E-state index is -0.352. The van der Waals surface area contributed by atoms with Crippen molar-refractivity contribution in [3.05, 3.63) is 81.2 Å².